The Hall–Kier alpha value is -0.630. The Kier molecular flexibility index (Phi) is 5.23. The van der Waals surface area contributed by atoms with Gasteiger partial charge in [0.25, 0.3) is 0 Å². The molecule has 0 fully saturated rings. The molecule has 1 aromatic rings. The van der Waals surface area contributed by atoms with Crippen molar-refractivity contribution >= 4 is 43.5 Å². The van der Waals surface area contributed by atoms with Crippen LogP contribution in [-0.2, 0) is 14.8 Å². The van der Waals surface area contributed by atoms with Crippen LogP contribution in [0.15, 0.2) is 27.6 Å². The van der Waals surface area contributed by atoms with Crippen molar-refractivity contribution < 1.29 is 18.3 Å². The average Bonchev–Trinajstić information content (AvgIpc) is 2.23. The average molecular weight is 385 g/mol. The summed E-state index contributed by atoms with van der Waals surface area (Å²) in [4.78, 5) is 11.1. The van der Waals surface area contributed by atoms with E-state index in [0.717, 1.165) is 0 Å². The quantitative estimate of drug-likeness (QED) is 0.836. The first-order valence-corrected chi connectivity index (χ1v) is 8.31. The molecule has 0 heterocycles. The van der Waals surface area contributed by atoms with E-state index in [2.05, 4.69) is 20.7 Å². The fourth-order valence-corrected chi connectivity index (χ4v) is 3.94. The number of nitrogens with one attached hydrogen (secondary N) is 1. The molecule has 0 aliphatic carbocycles. The van der Waals surface area contributed by atoms with Gasteiger partial charge in [0, 0.05) is 4.47 Å². The van der Waals surface area contributed by atoms with Crippen LogP contribution in [0.25, 0.3) is 0 Å². The van der Waals surface area contributed by atoms with E-state index < -0.39 is 27.4 Å². The Bertz CT molecular complexity index is 625. The zero-order chi connectivity index (χ0) is 15.7. The highest BCUT2D eigenvalue weighted by molar-refractivity contribution is 9.10. The predicted molar refractivity (Wildman–Crippen MR) is 80.4 cm³/mol. The number of sulfonamides is 1. The molecular weight excluding hydrogens is 370 g/mol. The van der Waals surface area contributed by atoms with Gasteiger partial charge in [-0.2, -0.15) is 4.72 Å². The summed E-state index contributed by atoms with van der Waals surface area (Å²) in [5.41, 5.74) is -0.777. The Morgan fingerprint density at radius 1 is 1.40 bits per heavy atom. The zero-order valence-electron chi connectivity index (χ0n) is 11.1. The summed E-state index contributed by atoms with van der Waals surface area (Å²) in [7, 11) is -4.02. The van der Waals surface area contributed by atoms with E-state index >= 15 is 0 Å². The third kappa shape index (κ3) is 4.18. The first kappa shape index (κ1) is 17.4. The molecule has 2 N–H and O–H groups in total. The topological polar surface area (TPSA) is 83.5 Å². The standard InChI is InChI=1S/C12H15BrClNO4S/c1-12(2,3)10(11(16)17)15-20(18,19)9-5-4-7(13)6-8(9)14/h4-6,10,15H,1-3H3,(H,16,17). The van der Waals surface area contributed by atoms with Gasteiger partial charge in [-0.15, -0.1) is 0 Å². The first-order valence-electron chi connectivity index (χ1n) is 5.65. The molecule has 0 spiro atoms. The fourth-order valence-electron chi connectivity index (χ4n) is 1.51. The van der Waals surface area contributed by atoms with Gasteiger partial charge >= 0.3 is 5.97 Å². The van der Waals surface area contributed by atoms with Crippen LogP contribution < -0.4 is 4.72 Å². The van der Waals surface area contributed by atoms with Crippen molar-refractivity contribution in [2.45, 2.75) is 31.7 Å². The minimum Gasteiger partial charge on any atom is -0.480 e. The van der Waals surface area contributed by atoms with Crippen LogP contribution in [0.4, 0.5) is 0 Å². The van der Waals surface area contributed by atoms with Gasteiger partial charge in [0.2, 0.25) is 10.0 Å². The van der Waals surface area contributed by atoms with Crippen LogP contribution in [0.1, 0.15) is 20.8 Å². The summed E-state index contributed by atoms with van der Waals surface area (Å²) in [6, 6.07) is 3.01. The van der Waals surface area contributed by atoms with Gasteiger partial charge in [-0.25, -0.2) is 8.42 Å². The zero-order valence-corrected chi connectivity index (χ0v) is 14.3. The van der Waals surface area contributed by atoms with Crippen LogP contribution in [0, 0.1) is 5.41 Å². The fraction of sp³-hybridized carbons (Fsp3) is 0.417. The number of aliphatic carboxylic acids is 1. The maximum atomic E-state index is 12.3. The number of rotatable bonds is 4. The van der Waals surface area contributed by atoms with E-state index in [1.54, 1.807) is 20.8 Å². The number of carboxylic acids is 1. The molecule has 0 aliphatic rings. The lowest BCUT2D eigenvalue weighted by molar-refractivity contribution is -0.141. The lowest BCUT2D eigenvalue weighted by atomic mass is 9.88. The van der Waals surface area contributed by atoms with E-state index in [0.29, 0.717) is 4.47 Å². The third-order valence-electron chi connectivity index (χ3n) is 2.57. The number of carboxylic acid groups (broad SMARTS) is 1. The Morgan fingerprint density at radius 3 is 2.35 bits per heavy atom. The number of benzene rings is 1. The number of carbonyl (C=O) groups is 1. The molecule has 0 amide bonds. The molecule has 1 atom stereocenters. The molecule has 112 valence electrons. The van der Waals surface area contributed by atoms with Gasteiger partial charge in [-0.05, 0) is 23.6 Å². The molecular formula is C12H15BrClNO4S. The van der Waals surface area contributed by atoms with E-state index in [1.807, 2.05) is 0 Å². The van der Waals surface area contributed by atoms with Gasteiger partial charge in [-0.1, -0.05) is 48.3 Å². The highest BCUT2D eigenvalue weighted by atomic mass is 79.9. The molecule has 20 heavy (non-hydrogen) atoms. The molecule has 1 rings (SSSR count). The predicted octanol–water partition coefficient (Wildman–Crippen LogP) is 2.88. The van der Waals surface area contributed by atoms with Crippen LogP contribution in [0.3, 0.4) is 0 Å². The smallest absolute Gasteiger partial charge is 0.322 e. The summed E-state index contributed by atoms with van der Waals surface area (Å²) < 4.78 is 27.3. The minimum absolute atomic E-state index is 0.0184. The minimum atomic E-state index is -4.02. The second-order valence-corrected chi connectivity index (χ2v) is 8.34. The van der Waals surface area contributed by atoms with Gasteiger partial charge in [-0.3, -0.25) is 4.79 Å². The summed E-state index contributed by atoms with van der Waals surface area (Å²) in [5, 5.41) is 9.18. The highest BCUT2D eigenvalue weighted by Crippen LogP contribution is 2.27. The van der Waals surface area contributed by atoms with Crippen molar-refractivity contribution in [3.8, 4) is 0 Å². The maximum absolute atomic E-state index is 12.3. The summed E-state index contributed by atoms with van der Waals surface area (Å²) in [6.07, 6.45) is 0. The van der Waals surface area contributed by atoms with Crippen molar-refractivity contribution in [3.05, 3.63) is 27.7 Å². The van der Waals surface area contributed by atoms with E-state index in [-0.39, 0.29) is 9.92 Å². The van der Waals surface area contributed by atoms with E-state index in [1.165, 1.54) is 18.2 Å². The number of hydrogen-bond donors (Lipinski definition) is 2. The largest absolute Gasteiger partial charge is 0.480 e. The summed E-state index contributed by atoms with van der Waals surface area (Å²) in [5.74, 6) is -1.24. The van der Waals surface area contributed by atoms with Crippen LogP contribution in [0.5, 0.6) is 0 Å². The summed E-state index contributed by atoms with van der Waals surface area (Å²) >= 11 is 9.07. The van der Waals surface area contributed by atoms with Crippen molar-refractivity contribution in [3.63, 3.8) is 0 Å². The SMILES string of the molecule is CC(C)(C)C(NS(=O)(=O)c1ccc(Br)cc1Cl)C(=O)O. The molecule has 0 bridgehead atoms. The second kappa shape index (κ2) is 6.01. The molecule has 0 aliphatic heterocycles. The van der Waals surface area contributed by atoms with Gasteiger partial charge in [0.15, 0.2) is 0 Å². The monoisotopic (exact) mass is 383 g/mol. The lowest BCUT2D eigenvalue weighted by Gasteiger charge is -2.27. The Morgan fingerprint density at radius 2 is 1.95 bits per heavy atom. The normalized spacial score (nSPS) is 14.1. The molecule has 0 saturated carbocycles. The lowest BCUT2D eigenvalue weighted by Crippen LogP contribution is -2.49. The van der Waals surface area contributed by atoms with Crippen molar-refractivity contribution in [1.29, 1.82) is 0 Å². The van der Waals surface area contributed by atoms with Crippen molar-refractivity contribution in [2.24, 2.45) is 5.41 Å². The Labute approximate surface area is 131 Å². The number of halogens is 2. The van der Waals surface area contributed by atoms with Crippen molar-refractivity contribution in [2.75, 3.05) is 0 Å². The van der Waals surface area contributed by atoms with E-state index in [9.17, 15) is 13.2 Å². The van der Waals surface area contributed by atoms with Gasteiger partial charge in [0.05, 0.1) is 5.02 Å². The Balaban J connectivity index is 3.20. The summed E-state index contributed by atoms with van der Waals surface area (Å²) in [6.45, 7) is 4.91. The molecule has 1 aromatic carbocycles. The van der Waals surface area contributed by atoms with E-state index in [4.69, 9.17) is 16.7 Å². The van der Waals surface area contributed by atoms with Crippen LogP contribution >= 0.6 is 27.5 Å². The van der Waals surface area contributed by atoms with Gasteiger partial charge in [0.1, 0.15) is 10.9 Å². The first-order chi connectivity index (χ1) is 8.95. The molecule has 8 heteroatoms. The molecule has 1 unspecified atom stereocenters. The maximum Gasteiger partial charge on any atom is 0.322 e. The third-order valence-corrected chi connectivity index (χ3v) is 4.97. The molecule has 0 saturated heterocycles. The van der Waals surface area contributed by atoms with Gasteiger partial charge < -0.3 is 5.11 Å². The number of hydrogen-bond acceptors (Lipinski definition) is 3. The van der Waals surface area contributed by atoms with Crippen molar-refractivity contribution in [1.82, 2.24) is 4.72 Å². The van der Waals surface area contributed by atoms with Crippen LogP contribution in [-0.4, -0.2) is 25.5 Å². The molecule has 5 nitrogen and oxygen atoms in total. The second-order valence-electron chi connectivity index (χ2n) is 5.33. The molecule has 0 aromatic heterocycles. The highest BCUT2D eigenvalue weighted by Gasteiger charge is 2.35. The van der Waals surface area contributed by atoms with Crippen LogP contribution in [0.2, 0.25) is 5.02 Å². The molecule has 0 radical (unpaired) electrons.